The Morgan fingerprint density at radius 2 is 1.97 bits per heavy atom. The number of aromatic amines is 1. The molecule has 8 heteroatoms. The van der Waals surface area contributed by atoms with Crippen molar-refractivity contribution >= 4 is 28.5 Å². The largest absolute Gasteiger partial charge is 0.495 e. The summed E-state index contributed by atoms with van der Waals surface area (Å²) in [5.74, 6) is -0.134. The number of carbonyl (C=O) groups is 2. The van der Waals surface area contributed by atoms with Gasteiger partial charge in [0.25, 0.3) is 11.5 Å². The van der Waals surface area contributed by atoms with Crippen LogP contribution in [0.4, 0.5) is 5.69 Å². The quantitative estimate of drug-likeness (QED) is 0.581. The second-order valence-corrected chi connectivity index (χ2v) is 6.85. The van der Waals surface area contributed by atoms with Crippen LogP contribution in [0.15, 0.2) is 47.3 Å². The predicted molar refractivity (Wildman–Crippen MR) is 113 cm³/mol. The number of aryl methyl sites for hydroxylation is 2. The van der Waals surface area contributed by atoms with Gasteiger partial charge in [-0.1, -0.05) is 18.2 Å². The van der Waals surface area contributed by atoms with E-state index in [2.05, 4.69) is 15.3 Å². The maximum atomic E-state index is 12.4. The first-order valence-electron chi connectivity index (χ1n) is 9.50. The molecule has 1 atom stereocenters. The van der Waals surface area contributed by atoms with Crippen molar-refractivity contribution in [2.24, 2.45) is 0 Å². The molecular formula is C22H23N3O5. The lowest BCUT2D eigenvalue weighted by atomic mass is 10.2. The monoisotopic (exact) mass is 409 g/mol. The lowest BCUT2D eigenvalue weighted by molar-refractivity contribution is -0.153. The van der Waals surface area contributed by atoms with Crippen molar-refractivity contribution in [1.29, 1.82) is 0 Å². The lowest BCUT2D eigenvalue weighted by Crippen LogP contribution is -2.30. The van der Waals surface area contributed by atoms with Gasteiger partial charge in [0.2, 0.25) is 0 Å². The minimum absolute atomic E-state index is 0.0212. The van der Waals surface area contributed by atoms with E-state index in [1.54, 1.807) is 36.4 Å². The number of H-pyrrole nitrogens is 1. The van der Waals surface area contributed by atoms with Crippen LogP contribution in [0, 0.1) is 6.92 Å². The maximum absolute atomic E-state index is 12.4. The van der Waals surface area contributed by atoms with Crippen molar-refractivity contribution in [2.45, 2.75) is 32.8 Å². The van der Waals surface area contributed by atoms with Crippen LogP contribution in [0.1, 0.15) is 24.7 Å². The number of carbonyl (C=O) groups excluding carboxylic acids is 2. The molecule has 8 nitrogen and oxygen atoms in total. The molecule has 0 aliphatic carbocycles. The van der Waals surface area contributed by atoms with Gasteiger partial charge < -0.3 is 19.8 Å². The Balaban J connectivity index is 1.57. The van der Waals surface area contributed by atoms with Crippen LogP contribution in [0.25, 0.3) is 10.9 Å². The van der Waals surface area contributed by atoms with Crippen LogP contribution in [0.3, 0.4) is 0 Å². The number of para-hydroxylation sites is 1. The highest BCUT2D eigenvalue weighted by Gasteiger charge is 2.19. The van der Waals surface area contributed by atoms with Crippen molar-refractivity contribution in [3.8, 4) is 5.75 Å². The molecule has 0 radical (unpaired) electrons. The highest BCUT2D eigenvalue weighted by Crippen LogP contribution is 2.25. The first kappa shape index (κ1) is 21.0. The van der Waals surface area contributed by atoms with Gasteiger partial charge in [-0.25, -0.2) is 4.98 Å². The molecular weight excluding hydrogens is 386 g/mol. The number of nitrogens with one attached hydrogen (secondary N) is 2. The summed E-state index contributed by atoms with van der Waals surface area (Å²) in [6, 6.07) is 12.3. The van der Waals surface area contributed by atoms with Crippen LogP contribution in [-0.4, -0.2) is 35.1 Å². The number of amides is 1. The normalized spacial score (nSPS) is 11.7. The summed E-state index contributed by atoms with van der Waals surface area (Å²) in [5.41, 5.74) is 1.75. The molecule has 0 aliphatic rings. The molecule has 2 aromatic carbocycles. The first-order valence-corrected chi connectivity index (χ1v) is 9.50. The number of hydrogen-bond donors (Lipinski definition) is 2. The molecule has 0 unspecified atom stereocenters. The van der Waals surface area contributed by atoms with E-state index in [9.17, 15) is 14.4 Å². The number of nitrogens with zero attached hydrogens (tertiary/aromatic N) is 1. The summed E-state index contributed by atoms with van der Waals surface area (Å²) >= 11 is 0. The molecule has 156 valence electrons. The SMILES string of the molecule is COc1ccc(C)cc1NC(=O)[C@@H](C)OC(=O)CCc1nc2ccccc2c(=O)[nH]1. The number of aromatic nitrogens is 2. The van der Waals surface area contributed by atoms with Crippen LogP contribution in [0.5, 0.6) is 5.75 Å². The summed E-state index contributed by atoms with van der Waals surface area (Å²) < 4.78 is 10.4. The van der Waals surface area contributed by atoms with E-state index in [0.29, 0.717) is 28.2 Å². The molecule has 2 N–H and O–H groups in total. The first-order chi connectivity index (χ1) is 14.4. The number of benzene rings is 2. The Bertz CT molecular complexity index is 1140. The van der Waals surface area contributed by atoms with Crippen molar-refractivity contribution in [2.75, 3.05) is 12.4 Å². The number of hydrogen-bond acceptors (Lipinski definition) is 6. The van der Waals surface area contributed by atoms with Crippen LogP contribution >= 0.6 is 0 Å². The van der Waals surface area contributed by atoms with Gasteiger partial charge in [0.15, 0.2) is 6.10 Å². The molecule has 0 spiro atoms. The van der Waals surface area contributed by atoms with Gasteiger partial charge in [-0.15, -0.1) is 0 Å². The van der Waals surface area contributed by atoms with Gasteiger partial charge in [0.05, 0.1) is 30.1 Å². The average molecular weight is 409 g/mol. The molecule has 0 aliphatic heterocycles. The summed E-state index contributed by atoms with van der Waals surface area (Å²) in [4.78, 5) is 43.7. The second-order valence-electron chi connectivity index (χ2n) is 6.85. The Morgan fingerprint density at radius 3 is 2.73 bits per heavy atom. The smallest absolute Gasteiger partial charge is 0.307 e. The van der Waals surface area contributed by atoms with E-state index >= 15 is 0 Å². The molecule has 1 heterocycles. The van der Waals surface area contributed by atoms with Crippen LogP contribution < -0.4 is 15.6 Å². The van der Waals surface area contributed by atoms with E-state index in [-0.39, 0.29) is 18.4 Å². The second kappa shape index (κ2) is 9.21. The average Bonchev–Trinajstić information content (AvgIpc) is 2.72. The van der Waals surface area contributed by atoms with Crippen molar-refractivity contribution in [3.05, 3.63) is 64.2 Å². The summed E-state index contributed by atoms with van der Waals surface area (Å²) in [7, 11) is 1.51. The van der Waals surface area contributed by atoms with E-state index in [4.69, 9.17) is 9.47 Å². The highest BCUT2D eigenvalue weighted by atomic mass is 16.5. The standard InChI is InChI=1S/C22H23N3O5/c1-13-8-9-18(29-3)17(12-13)24-21(27)14(2)30-20(26)11-10-19-23-16-7-5-4-6-15(16)22(28)25-19/h4-9,12,14H,10-11H2,1-3H3,(H,24,27)(H,23,25,28)/t14-/m1/s1. The zero-order chi connectivity index (χ0) is 21.7. The molecule has 0 fully saturated rings. The molecule has 0 saturated heterocycles. The third kappa shape index (κ3) is 5.02. The molecule has 3 rings (SSSR count). The number of ether oxygens (including phenoxy) is 2. The van der Waals surface area contributed by atoms with Gasteiger partial charge >= 0.3 is 5.97 Å². The summed E-state index contributed by atoms with van der Waals surface area (Å²) in [6.45, 7) is 3.38. The number of fused-ring (bicyclic) bond motifs is 1. The molecule has 1 amide bonds. The zero-order valence-corrected chi connectivity index (χ0v) is 17.0. The Labute approximate surface area is 173 Å². The Hall–Kier alpha value is -3.68. The molecule has 0 saturated carbocycles. The van der Waals surface area contributed by atoms with Gasteiger partial charge in [0.1, 0.15) is 11.6 Å². The number of anilines is 1. The van der Waals surface area contributed by atoms with E-state index in [1.807, 2.05) is 13.0 Å². The summed E-state index contributed by atoms with van der Waals surface area (Å²) in [6.07, 6.45) is -0.822. The van der Waals surface area contributed by atoms with Gasteiger partial charge in [-0.2, -0.15) is 0 Å². The topological polar surface area (TPSA) is 110 Å². The Kier molecular flexibility index (Phi) is 6.46. The molecule has 1 aromatic heterocycles. The molecule has 30 heavy (non-hydrogen) atoms. The van der Waals surface area contributed by atoms with Crippen molar-refractivity contribution in [3.63, 3.8) is 0 Å². The number of esters is 1. The van der Waals surface area contributed by atoms with E-state index < -0.39 is 18.0 Å². The third-order valence-electron chi connectivity index (χ3n) is 4.52. The fourth-order valence-corrected chi connectivity index (χ4v) is 2.94. The lowest BCUT2D eigenvalue weighted by Gasteiger charge is -2.15. The number of methoxy groups -OCH3 is 1. The van der Waals surface area contributed by atoms with E-state index in [0.717, 1.165) is 5.56 Å². The highest BCUT2D eigenvalue weighted by molar-refractivity contribution is 5.96. The van der Waals surface area contributed by atoms with Gasteiger partial charge in [-0.3, -0.25) is 14.4 Å². The van der Waals surface area contributed by atoms with Crippen LogP contribution in [0.2, 0.25) is 0 Å². The van der Waals surface area contributed by atoms with E-state index in [1.165, 1.54) is 14.0 Å². The fraction of sp³-hybridized carbons (Fsp3) is 0.273. The van der Waals surface area contributed by atoms with Gasteiger partial charge in [0, 0.05) is 6.42 Å². The maximum Gasteiger partial charge on any atom is 0.307 e. The van der Waals surface area contributed by atoms with Crippen molar-refractivity contribution < 1.29 is 19.1 Å². The minimum atomic E-state index is -0.994. The Morgan fingerprint density at radius 1 is 1.20 bits per heavy atom. The van der Waals surface area contributed by atoms with Gasteiger partial charge in [-0.05, 0) is 43.7 Å². The fourth-order valence-electron chi connectivity index (χ4n) is 2.94. The summed E-state index contributed by atoms with van der Waals surface area (Å²) in [5, 5.41) is 3.19. The predicted octanol–water partition coefficient (Wildman–Crippen LogP) is 2.74. The van der Waals surface area contributed by atoms with Crippen molar-refractivity contribution in [1.82, 2.24) is 9.97 Å². The zero-order valence-electron chi connectivity index (χ0n) is 17.0. The minimum Gasteiger partial charge on any atom is -0.495 e. The third-order valence-corrected chi connectivity index (χ3v) is 4.52. The van der Waals surface area contributed by atoms with Crippen LogP contribution in [-0.2, 0) is 20.7 Å². The molecule has 3 aromatic rings. The number of rotatable bonds is 7. The molecule has 0 bridgehead atoms.